The van der Waals surface area contributed by atoms with Crippen LogP contribution in [0, 0.1) is 5.82 Å². The van der Waals surface area contributed by atoms with Gasteiger partial charge in [-0.15, -0.1) is 0 Å². The predicted molar refractivity (Wildman–Crippen MR) is 86.3 cm³/mol. The average molecular weight is 349 g/mol. The Morgan fingerprint density at radius 3 is 2.48 bits per heavy atom. The summed E-state index contributed by atoms with van der Waals surface area (Å²) in [5, 5.41) is 0. The smallest absolute Gasteiger partial charge is 0.127 e. The largest absolute Gasteiger partial charge is 0.271 e. The summed E-state index contributed by atoms with van der Waals surface area (Å²) in [6, 6.07) is 15.6. The lowest BCUT2D eigenvalue weighted by Crippen LogP contribution is -2.45. The Hall–Kier alpha value is -1.23. The van der Waals surface area contributed by atoms with Gasteiger partial charge in [0.2, 0.25) is 0 Å². The third-order valence-electron chi connectivity index (χ3n) is 4.44. The van der Waals surface area contributed by atoms with Crippen molar-refractivity contribution in [3.63, 3.8) is 0 Å². The molecule has 2 aromatic carbocycles. The molecular formula is C17H18BrFN2. The summed E-state index contributed by atoms with van der Waals surface area (Å²) in [5.41, 5.74) is 4.93. The van der Waals surface area contributed by atoms with E-state index in [1.54, 1.807) is 0 Å². The van der Waals surface area contributed by atoms with Crippen LogP contribution in [0.3, 0.4) is 0 Å². The number of rotatable bonds is 5. The predicted octanol–water partition coefficient (Wildman–Crippen LogP) is 3.69. The van der Waals surface area contributed by atoms with Gasteiger partial charge in [0.1, 0.15) is 5.82 Å². The first-order chi connectivity index (χ1) is 10.2. The molecule has 1 aliphatic rings. The Bertz CT molecular complexity index is 626. The van der Waals surface area contributed by atoms with Gasteiger partial charge < -0.3 is 0 Å². The molecule has 2 nitrogen and oxygen atoms in total. The van der Waals surface area contributed by atoms with Gasteiger partial charge in [-0.1, -0.05) is 52.3 Å². The molecule has 3 N–H and O–H groups in total. The van der Waals surface area contributed by atoms with E-state index < -0.39 is 0 Å². The first kappa shape index (κ1) is 14.7. The molecule has 1 unspecified atom stereocenters. The lowest BCUT2D eigenvalue weighted by molar-refractivity contribution is 0.414. The number of halogens is 2. The molecule has 21 heavy (non-hydrogen) atoms. The van der Waals surface area contributed by atoms with Crippen molar-refractivity contribution in [2.45, 2.75) is 30.7 Å². The van der Waals surface area contributed by atoms with Gasteiger partial charge in [0.25, 0.3) is 0 Å². The molecule has 0 spiro atoms. The zero-order valence-electron chi connectivity index (χ0n) is 11.7. The number of hydrogen-bond donors (Lipinski definition) is 2. The van der Waals surface area contributed by atoms with Crippen LogP contribution in [0.5, 0.6) is 0 Å². The molecule has 0 radical (unpaired) electrons. The van der Waals surface area contributed by atoms with Gasteiger partial charge in [-0.3, -0.25) is 11.3 Å². The number of hydrogen-bond acceptors (Lipinski definition) is 2. The normalized spacial score (nSPS) is 17.5. The molecule has 0 aromatic heterocycles. The van der Waals surface area contributed by atoms with Crippen molar-refractivity contribution in [1.82, 2.24) is 5.43 Å². The molecule has 1 fully saturated rings. The zero-order valence-corrected chi connectivity index (χ0v) is 13.2. The molecule has 3 rings (SSSR count). The van der Waals surface area contributed by atoms with Crippen molar-refractivity contribution in [2.24, 2.45) is 5.84 Å². The van der Waals surface area contributed by atoms with E-state index in [0.29, 0.717) is 12.0 Å². The van der Waals surface area contributed by atoms with E-state index in [-0.39, 0.29) is 17.3 Å². The first-order valence-electron chi connectivity index (χ1n) is 7.11. The van der Waals surface area contributed by atoms with Gasteiger partial charge in [-0.25, -0.2) is 4.39 Å². The lowest BCUT2D eigenvalue weighted by Gasteiger charge is -2.27. The summed E-state index contributed by atoms with van der Waals surface area (Å²) in [5.74, 6) is 5.60. The van der Waals surface area contributed by atoms with Crippen molar-refractivity contribution >= 4 is 15.9 Å². The molecule has 0 aliphatic heterocycles. The van der Waals surface area contributed by atoms with Crippen LogP contribution in [0.25, 0.3) is 0 Å². The molecule has 0 saturated heterocycles. The second kappa shape index (κ2) is 5.87. The lowest BCUT2D eigenvalue weighted by atomic mass is 9.85. The maximum atomic E-state index is 14.1. The van der Waals surface area contributed by atoms with E-state index >= 15 is 0 Å². The van der Waals surface area contributed by atoms with Crippen LogP contribution in [0.15, 0.2) is 53.0 Å². The van der Waals surface area contributed by atoms with Crippen LogP contribution in [-0.4, -0.2) is 6.04 Å². The third-order valence-corrected chi connectivity index (χ3v) is 4.94. The number of hydrazine groups is 1. The molecule has 1 aliphatic carbocycles. The molecule has 0 heterocycles. The number of nitrogens with one attached hydrogen (secondary N) is 1. The molecule has 0 bridgehead atoms. The molecular weight excluding hydrogens is 331 g/mol. The minimum atomic E-state index is -0.187. The Balaban J connectivity index is 1.86. The van der Waals surface area contributed by atoms with Gasteiger partial charge in [0.05, 0.1) is 0 Å². The van der Waals surface area contributed by atoms with Crippen LogP contribution >= 0.6 is 15.9 Å². The molecule has 1 saturated carbocycles. The van der Waals surface area contributed by atoms with Gasteiger partial charge in [-0.2, -0.15) is 0 Å². The second-order valence-electron chi connectivity index (χ2n) is 5.68. The third kappa shape index (κ3) is 2.89. The van der Waals surface area contributed by atoms with Crippen molar-refractivity contribution in [3.05, 3.63) is 69.9 Å². The van der Waals surface area contributed by atoms with Crippen molar-refractivity contribution < 1.29 is 4.39 Å². The number of benzene rings is 2. The van der Waals surface area contributed by atoms with Crippen LogP contribution in [0.2, 0.25) is 0 Å². The summed E-state index contributed by atoms with van der Waals surface area (Å²) in [6.45, 7) is 0. The molecule has 1 atom stereocenters. The average Bonchev–Trinajstić information content (AvgIpc) is 3.29. The Morgan fingerprint density at radius 2 is 1.90 bits per heavy atom. The fourth-order valence-electron chi connectivity index (χ4n) is 3.06. The van der Waals surface area contributed by atoms with Crippen LogP contribution in [0.1, 0.15) is 24.0 Å². The minimum Gasteiger partial charge on any atom is -0.271 e. The van der Waals surface area contributed by atoms with Gasteiger partial charge in [-0.05, 0) is 42.5 Å². The van der Waals surface area contributed by atoms with E-state index in [0.717, 1.165) is 17.3 Å². The summed E-state index contributed by atoms with van der Waals surface area (Å²) in [7, 11) is 0. The quantitative estimate of drug-likeness (QED) is 0.638. The summed E-state index contributed by atoms with van der Waals surface area (Å²) >= 11 is 3.29. The highest BCUT2D eigenvalue weighted by Crippen LogP contribution is 2.51. The molecule has 0 amide bonds. The Labute approximate surface area is 132 Å². The SMILES string of the molecule is NNC(Cc1ccc(Br)cc1F)C1(c2ccccc2)CC1. The Morgan fingerprint density at radius 1 is 1.19 bits per heavy atom. The minimum absolute atomic E-state index is 0.0372. The summed E-state index contributed by atoms with van der Waals surface area (Å²) in [4.78, 5) is 0. The van der Waals surface area contributed by atoms with Crippen molar-refractivity contribution in [1.29, 1.82) is 0 Å². The molecule has 4 heteroatoms. The van der Waals surface area contributed by atoms with E-state index in [1.807, 2.05) is 30.3 Å². The van der Waals surface area contributed by atoms with Gasteiger partial charge in [0, 0.05) is 15.9 Å². The maximum Gasteiger partial charge on any atom is 0.127 e. The summed E-state index contributed by atoms with van der Waals surface area (Å²) < 4.78 is 14.8. The molecule has 110 valence electrons. The van der Waals surface area contributed by atoms with Crippen LogP contribution < -0.4 is 11.3 Å². The first-order valence-corrected chi connectivity index (χ1v) is 7.90. The maximum absolute atomic E-state index is 14.1. The molecule has 2 aromatic rings. The van der Waals surface area contributed by atoms with E-state index in [9.17, 15) is 4.39 Å². The topological polar surface area (TPSA) is 38.0 Å². The van der Waals surface area contributed by atoms with Crippen molar-refractivity contribution in [2.75, 3.05) is 0 Å². The van der Waals surface area contributed by atoms with Gasteiger partial charge >= 0.3 is 0 Å². The highest BCUT2D eigenvalue weighted by Gasteiger charge is 2.50. The van der Waals surface area contributed by atoms with E-state index in [4.69, 9.17) is 5.84 Å². The van der Waals surface area contributed by atoms with Crippen LogP contribution in [0.4, 0.5) is 4.39 Å². The van der Waals surface area contributed by atoms with Crippen molar-refractivity contribution in [3.8, 4) is 0 Å². The number of nitrogens with two attached hydrogens (primary N) is 1. The van der Waals surface area contributed by atoms with E-state index in [1.165, 1.54) is 11.6 Å². The highest BCUT2D eigenvalue weighted by atomic mass is 79.9. The zero-order chi connectivity index (χ0) is 14.9. The Kier molecular flexibility index (Phi) is 4.11. The van der Waals surface area contributed by atoms with Crippen LogP contribution in [-0.2, 0) is 11.8 Å². The fraction of sp³-hybridized carbons (Fsp3) is 0.294. The fourth-order valence-corrected chi connectivity index (χ4v) is 3.40. The second-order valence-corrected chi connectivity index (χ2v) is 6.60. The van der Waals surface area contributed by atoms with Gasteiger partial charge in [0.15, 0.2) is 0 Å². The monoisotopic (exact) mass is 348 g/mol. The summed E-state index contributed by atoms with van der Waals surface area (Å²) in [6.07, 6.45) is 2.76. The standard InChI is InChI=1S/C17H18BrFN2/c18-14-7-6-12(15(19)11-14)10-16(21-20)17(8-9-17)13-4-2-1-3-5-13/h1-7,11,16,21H,8-10,20H2. The highest BCUT2D eigenvalue weighted by molar-refractivity contribution is 9.10. The van der Waals surface area contributed by atoms with E-state index in [2.05, 4.69) is 33.5 Å².